The average Bonchev–Trinajstić information content (AvgIpc) is 3.44. The van der Waals surface area contributed by atoms with Crippen molar-refractivity contribution in [2.45, 2.75) is 45.1 Å². The van der Waals surface area contributed by atoms with E-state index in [9.17, 15) is 4.79 Å². The molecule has 0 spiro atoms. The lowest BCUT2D eigenvalue weighted by atomic mass is 9.96. The van der Waals surface area contributed by atoms with Gasteiger partial charge in [0.05, 0.1) is 12.0 Å². The van der Waals surface area contributed by atoms with Gasteiger partial charge in [0.15, 0.2) is 5.82 Å². The smallest absolute Gasteiger partial charge is 0.256 e. The second-order valence-electron chi connectivity index (χ2n) is 7.89. The lowest BCUT2D eigenvalue weighted by Crippen LogP contribution is -2.37. The molecule has 140 valence electrons. The summed E-state index contributed by atoms with van der Waals surface area (Å²) in [5.74, 6) is 2.17. The van der Waals surface area contributed by atoms with E-state index in [2.05, 4.69) is 20.9 Å². The topological polar surface area (TPSA) is 68.3 Å². The minimum atomic E-state index is 0.0747. The number of nitrogens with zero attached hydrogens (tertiary/aromatic N) is 6. The molecule has 1 aliphatic heterocycles. The first kappa shape index (κ1) is 16.5. The average molecular weight is 364 g/mol. The molecule has 0 radical (unpaired) electrons. The Hall–Kier alpha value is -2.70. The number of rotatable bonds is 4. The van der Waals surface area contributed by atoms with Gasteiger partial charge in [-0.2, -0.15) is 5.10 Å². The van der Waals surface area contributed by atoms with E-state index in [4.69, 9.17) is 5.10 Å². The van der Waals surface area contributed by atoms with Crippen LogP contribution >= 0.6 is 0 Å². The summed E-state index contributed by atoms with van der Waals surface area (Å²) in [6.45, 7) is 4.48. The molecule has 2 fully saturated rings. The van der Waals surface area contributed by atoms with E-state index in [1.54, 1.807) is 17.1 Å². The highest BCUT2D eigenvalue weighted by atomic mass is 16.1. The Morgan fingerprint density at radius 1 is 1.19 bits per heavy atom. The first-order valence-corrected chi connectivity index (χ1v) is 9.79. The third-order valence-electron chi connectivity index (χ3n) is 5.83. The normalized spacial score (nSPS) is 18.3. The maximum Gasteiger partial charge on any atom is 0.256 e. The predicted molar refractivity (Wildman–Crippen MR) is 103 cm³/mol. The zero-order chi connectivity index (χ0) is 18.4. The minimum Gasteiger partial charge on any atom is -0.355 e. The summed E-state index contributed by atoms with van der Waals surface area (Å²) < 4.78 is 3.73. The fourth-order valence-corrected chi connectivity index (χ4v) is 4.04. The van der Waals surface area contributed by atoms with Crippen LogP contribution in [0.4, 0.5) is 5.82 Å². The molecule has 0 bridgehead atoms. The summed E-state index contributed by atoms with van der Waals surface area (Å²) in [4.78, 5) is 23.4. The molecule has 4 heterocycles. The molecule has 0 unspecified atom stereocenters. The lowest BCUT2D eigenvalue weighted by molar-refractivity contribution is 0.350. The molecule has 0 aromatic carbocycles. The van der Waals surface area contributed by atoms with Crippen molar-refractivity contribution in [1.82, 2.24) is 24.1 Å². The summed E-state index contributed by atoms with van der Waals surface area (Å²) in [6.07, 6.45) is 11.7. The van der Waals surface area contributed by atoms with Crippen molar-refractivity contribution in [2.75, 3.05) is 18.0 Å². The van der Waals surface area contributed by atoms with Gasteiger partial charge < -0.3 is 4.90 Å². The van der Waals surface area contributed by atoms with Gasteiger partial charge >= 0.3 is 0 Å². The predicted octanol–water partition coefficient (Wildman–Crippen LogP) is 2.39. The monoisotopic (exact) mass is 364 g/mol. The van der Waals surface area contributed by atoms with Crippen LogP contribution in [0.2, 0.25) is 0 Å². The zero-order valence-electron chi connectivity index (χ0n) is 15.6. The fourth-order valence-electron chi connectivity index (χ4n) is 4.04. The Balaban J connectivity index is 1.31. The first-order valence-electron chi connectivity index (χ1n) is 9.79. The van der Waals surface area contributed by atoms with Gasteiger partial charge in [0, 0.05) is 49.7 Å². The molecule has 1 aliphatic carbocycles. The molecule has 7 nitrogen and oxygen atoms in total. The molecule has 0 N–H and O–H groups in total. The van der Waals surface area contributed by atoms with Crippen molar-refractivity contribution < 1.29 is 0 Å². The molecule has 27 heavy (non-hydrogen) atoms. The van der Waals surface area contributed by atoms with Gasteiger partial charge in [0.25, 0.3) is 5.56 Å². The second-order valence-corrected chi connectivity index (χ2v) is 7.89. The lowest BCUT2D eigenvalue weighted by Gasteiger charge is -2.33. The van der Waals surface area contributed by atoms with Crippen LogP contribution in [0.3, 0.4) is 0 Å². The van der Waals surface area contributed by atoms with Gasteiger partial charge in [-0.3, -0.25) is 9.36 Å². The van der Waals surface area contributed by atoms with Gasteiger partial charge in [-0.1, -0.05) is 0 Å². The van der Waals surface area contributed by atoms with Crippen LogP contribution in [0.25, 0.3) is 5.52 Å². The van der Waals surface area contributed by atoms with Crippen LogP contribution in [0, 0.1) is 12.8 Å². The van der Waals surface area contributed by atoms with E-state index in [0.717, 1.165) is 43.8 Å². The van der Waals surface area contributed by atoms with E-state index in [1.165, 1.54) is 18.5 Å². The summed E-state index contributed by atoms with van der Waals surface area (Å²) in [6, 6.07) is 2.21. The Morgan fingerprint density at radius 3 is 2.78 bits per heavy atom. The molecule has 0 atom stereocenters. The van der Waals surface area contributed by atoms with Gasteiger partial charge in [0.1, 0.15) is 5.52 Å². The highest BCUT2D eigenvalue weighted by Gasteiger charge is 2.28. The van der Waals surface area contributed by atoms with Crippen molar-refractivity contribution in [3.63, 3.8) is 0 Å². The number of fused-ring (bicyclic) bond motifs is 1. The molecule has 5 rings (SSSR count). The van der Waals surface area contributed by atoms with Crippen LogP contribution in [0.1, 0.15) is 42.9 Å². The van der Waals surface area contributed by atoms with Crippen molar-refractivity contribution in [1.29, 1.82) is 0 Å². The molecule has 1 saturated carbocycles. The van der Waals surface area contributed by atoms with Crippen LogP contribution in [-0.2, 0) is 6.54 Å². The Bertz CT molecular complexity index is 1030. The van der Waals surface area contributed by atoms with Crippen molar-refractivity contribution in [3.8, 4) is 0 Å². The molecular weight excluding hydrogens is 340 g/mol. The molecule has 3 aromatic heterocycles. The molecule has 2 aliphatic rings. The number of anilines is 1. The molecule has 0 amide bonds. The first-order chi connectivity index (χ1) is 13.2. The summed E-state index contributed by atoms with van der Waals surface area (Å²) in [5.41, 5.74) is 3.09. The third-order valence-corrected chi connectivity index (χ3v) is 5.83. The largest absolute Gasteiger partial charge is 0.355 e. The molecular formula is C20H24N6O. The van der Waals surface area contributed by atoms with Crippen LogP contribution in [0.5, 0.6) is 0 Å². The number of aryl methyl sites for hydroxylation is 1. The van der Waals surface area contributed by atoms with Crippen molar-refractivity contribution >= 4 is 11.3 Å². The summed E-state index contributed by atoms with van der Waals surface area (Å²) >= 11 is 0. The zero-order valence-corrected chi connectivity index (χ0v) is 15.6. The quantitative estimate of drug-likeness (QED) is 0.711. The van der Waals surface area contributed by atoms with Gasteiger partial charge in [-0.05, 0) is 44.6 Å². The minimum absolute atomic E-state index is 0.0747. The van der Waals surface area contributed by atoms with E-state index in [1.807, 2.05) is 23.8 Å². The Morgan fingerprint density at radius 2 is 2.00 bits per heavy atom. The maximum absolute atomic E-state index is 12.2. The number of hydrogen-bond donors (Lipinski definition) is 0. The van der Waals surface area contributed by atoms with Gasteiger partial charge in [-0.15, -0.1) is 0 Å². The third kappa shape index (κ3) is 3.11. The maximum atomic E-state index is 12.2. The van der Waals surface area contributed by atoms with Gasteiger partial charge in [0.2, 0.25) is 0 Å². The summed E-state index contributed by atoms with van der Waals surface area (Å²) in [5, 5.41) is 4.72. The standard InChI is InChI=1S/C20H24N6O/c1-14-11-21-13-25(20(14)27)12-15-4-7-24(8-5-15)19-18-10-17(16-2-3-16)23-26(18)9-6-22-19/h6,9-11,13,15-16H,2-5,7-8,12H2,1H3. The van der Waals surface area contributed by atoms with Crippen molar-refractivity contribution in [3.05, 3.63) is 52.6 Å². The van der Waals surface area contributed by atoms with E-state index < -0.39 is 0 Å². The number of piperidine rings is 1. The second kappa shape index (κ2) is 6.48. The molecule has 1 saturated heterocycles. The SMILES string of the molecule is Cc1cncn(CC2CCN(c3nccn4nc(C5CC5)cc34)CC2)c1=O. The van der Waals surface area contributed by atoms with Crippen LogP contribution < -0.4 is 10.5 Å². The van der Waals surface area contributed by atoms with E-state index in [0.29, 0.717) is 17.4 Å². The number of hydrogen-bond acceptors (Lipinski definition) is 5. The van der Waals surface area contributed by atoms with E-state index >= 15 is 0 Å². The fraction of sp³-hybridized carbons (Fsp3) is 0.500. The molecule has 3 aromatic rings. The Labute approximate surface area is 157 Å². The highest BCUT2D eigenvalue weighted by Crippen LogP contribution is 2.40. The van der Waals surface area contributed by atoms with Crippen LogP contribution in [-0.4, -0.2) is 37.2 Å². The van der Waals surface area contributed by atoms with Crippen LogP contribution in [0.15, 0.2) is 35.8 Å². The van der Waals surface area contributed by atoms with E-state index in [-0.39, 0.29) is 5.56 Å². The highest BCUT2D eigenvalue weighted by molar-refractivity contribution is 5.69. The number of aromatic nitrogens is 5. The van der Waals surface area contributed by atoms with Gasteiger partial charge in [-0.25, -0.2) is 14.5 Å². The Kier molecular flexibility index (Phi) is 3.95. The summed E-state index contributed by atoms with van der Waals surface area (Å²) in [7, 11) is 0. The molecule has 7 heteroatoms. The van der Waals surface area contributed by atoms with Crippen molar-refractivity contribution in [2.24, 2.45) is 5.92 Å².